The van der Waals surface area contributed by atoms with Gasteiger partial charge in [0.25, 0.3) is 5.91 Å². The van der Waals surface area contributed by atoms with Crippen molar-refractivity contribution in [2.24, 2.45) is 0 Å². The largest absolute Gasteiger partial charge is 0.494 e. The lowest BCUT2D eigenvalue weighted by Crippen LogP contribution is -2.20. The quantitative estimate of drug-likeness (QED) is 0.837. The summed E-state index contributed by atoms with van der Waals surface area (Å²) in [5, 5.41) is 2.82. The number of anilines is 1. The molecule has 0 heterocycles. The van der Waals surface area contributed by atoms with Crippen molar-refractivity contribution >= 4 is 11.6 Å². The van der Waals surface area contributed by atoms with E-state index in [0.29, 0.717) is 12.3 Å². The molecule has 0 spiro atoms. The maximum absolute atomic E-state index is 12.0. The Morgan fingerprint density at radius 1 is 1.09 bits per heavy atom. The zero-order valence-corrected chi connectivity index (χ0v) is 13.9. The summed E-state index contributed by atoms with van der Waals surface area (Å²) in [6.45, 7) is 6.64. The van der Waals surface area contributed by atoms with Gasteiger partial charge in [0.15, 0.2) is 6.61 Å². The molecular weight excluding hydrogens is 290 g/mol. The van der Waals surface area contributed by atoms with Crippen molar-refractivity contribution in [3.8, 4) is 11.5 Å². The Morgan fingerprint density at radius 3 is 2.70 bits per heavy atom. The lowest BCUT2D eigenvalue weighted by atomic mass is 10.1. The van der Waals surface area contributed by atoms with Crippen LogP contribution < -0.4 is 14.8 Å². The first kappa shape index (κ1) is 16.9. The van der Waals surface area contributed by atoms with Crippen LogP contribution in [0.2, 0.25) is 0 Å². The van der Waals surface area contributed by atoms with Gasteiger partial charge in [0.2, 0.25) is 0 Å². The first-order chi connectivity index (χ1) is 11.1. The van der Waals surface area contributed by atoms with Crippen molar-refractivity contribution in [3.05, 3.63) is 53.6 Å². The predicted molar refractivity (Wildman–Crippen MR) is 92.3 cm³/mol. The van der Waals surface area contributed by atoms with Gasteiger partial charge in [-0.05, 0) is 49.6 Å². The Labute approximate surface area is 137 Å². The maximum Gasteiger partial charge on any atom is 0.262 e. The molecule has 0 aliphatic carbocycles. The molecular formula is C19H23NO3. The summed E-state index contributed by atoms with van der Waals surface area (Å²) in [6.07, 6.45) is 0.945. The highest BCUT2D eigenvalue weighted by atomic mass is 16.5. The number of nitrogens with one attached hydrogen (secondary N) is 1. The van der Waals surface area contributed by atoms with Crippen LogP contribution in [-0.4, -0.2) is 19.1 Å². The minimum Gasteiger partial charge on any atom is -0.494 e. The van der Waals surface area contributed by atoms with E-state index >= 15 is 0 Å². The number of carbonyl (C=O) groups excluding carboxylic acids is 1. The van der Waals surface area contributed by atoms with Crippen LogP contribution >= 0.6 is 0 Å². The summed E-state index contributed by atoms with van der Waals surface area (Å²) in [5.74, 6) is 1.29. The Hall–Kier alpha value is -2.49. The van der Waals surface area contributed by atoms with Gasteiger partial charge < -0.3 is 14.8 Å². The third-order valence-electron chi connectivity index (χ3n) is 3.29. The predicted octanol–water partition coefficient (Wildman–Crippen LogP) is 4.11. The normalized spacial score (nSPS) is 10.2. The smallest absolute Gasteiger partial charge is 0.262 e. The van der Waals surface area contributed by atoms with E-state index in [9.17, 15) is 4.79 Å². The average Bonchev–Trinajstić information content (AvgIpc) is 2.54. The molecule has 1 N–H and O–H groups in total. The van der Waals surface area contributed by atoms with Crippen LogP contribution in [-0.2, 0) is 4.79 Å². The highest BCUT2D eigenvalue weighted by Crippen LogP contribution is 2.20. The van der Waals surface area contributed by atoms with E-state index in [0.717, 1.165) is 29.0 Å². The number of ether oxygens (including phenoxy) is 2. The standard InChI is InChI=1S/C19H23NO3/c1-4-10-22-17-7-5-6-16(12-17)20-19(21)13-23-18-11-14(2)8-9-15(18)3/h5-9,11-12H,4,10,13H2,1-3H3,(H,20,21). The van der Waals surface area contributed by atoms with E-state index < -0.39 is 0 Å². The molecule has 0 bridgehead atoms. The topological polar surface area (TPSA) is 47.6 Å². The van der Waals surface area contributed by atoms with Gasteiger partial charge in [-0.3, -0.25) is 4.79 Å². The summed E-state index contributed by atoms with van der Waals surface area (Å²) in [5.41, 5.74) is 2.82. The fraction of sp³-hybridized carbons (Fsp3) is 0.316. The van der Waals surface area contributed by atoms with Gasteiger partial charge in [-0.15, -0.1) is 0 Å². The molecule has 0 saturated heterocycles. The van der Waals surface area contributed by atoms with Crippen LogP contribution in [0.25, 0.3) is 0 Å². The molecule has 2 aromatic carbocycles. The van der Waals surface area contributed by atoms with Crippen molar-refractivity contribution in [1.82, 2.24) is 0 Å². The van der Waals surface area contributed by atoms with Crippen molar-refractivity contribution in [2.75, 3.05) is 18.5 Å². The zero-order valence-electron chi connectivity index (χ0n) is 13.9. The van der Waals surface area contributed by atoms with Crippen molar-refractivity contribution in [3.63, 3.8) is 0 Å². The molecule has 1 amide bonds. The van der Waals surface area contributed by atoms with Crippen molar-refractivity contribution in [1.29, 1.82) is 0 Å². The second-order valence-electron chi connectivity index (χ2n) is 5.48. The summed E-state index contributed by atoms with van der Waals surface area (Å²) in [4.78, 5) is 12.0. The molecule has 0 atom stereocenters. The lowest BCUT2D eigenvalue weighted by Gasteiger charge is -2.11. The summed E-state index contributed by atoms with van der Waals surface area (Å²) >= 11 is 0. The van der Waals surface area contributed by atoms with Crippen molar-refractivity contribution < 1.29 is 14.3 Å². The Bertz CT molecular complexity index is 667. The molecule has 2 aromatic rings. The number of carbonyl (C=O) groups is 1. The second kappa shape index (κ2) is 8.22. The number of rotatable bonds is 7. The average molecular weight is 313 g/mol. The van der Waals surface area contributed by atoms with Crippen LogP contribution in [0.15, 0.2) is 42.5 Å². The molecule has 23 heavy (non-hydrogen) atoms. The van der Waals surface area contributed by atoms with Crippen LogP contribution in [0, 0.1) is 13.8 Å². The molecule has 4 heteroatoms. The number of aryl methyl sites for hydroxylation is 2. The molecule has 122 valence electrons. The SMILES string of the molecule is CCCOc1cccc(NC(=O)COc2cc(C)ccc2C)c1. The number of hydrogen-bond acceptors (Lipinski definition) is 3. The lowest BCUT2D eigenvalue weighted by molar-refractivity contribution is -0.118. The second-order valence-corrected chi connectivity index (χ2v) is 5.48. The zero-order chi connectivity index (χ0) is 16.7. The Balaban J connectivity index is 1.90. The van der Waals surface area contributed by atoms with Crippen LogP contribution in [0.3, 0.4) is 0 Å². The third kappa shape index (κ3) is 5.33. The number of hydrogen-bond donors (Lipinski definition) is 1. The van der Waals surface area contributed by atoms with Gasteiger partial charge >= 0.3 is 0 Å². The molecule has 0 aromatic heterocycles. The maximum atomic E-state index is 12.0. The van der Waals surface area contributed by atoms with Crippen LogP contribution in [0.5, 0.6) is 11.5 Å². The van der Waals surface area contributed by atoms with E-state index in [1.165, 1.54) is 0 Å². The van der Waals surface area contributed by atoms with Gasteiger partial charge in [0.1, 0.15) is 11.5 Å². The molecule has 0 saturated carbocycles. The van der Waals surface area contributed by atoms with E-state index in [1.807, 2.05) is 56.3 Å². The van der Waals surface area contributed by atoms with Gasteiger partial charge in [-0.25, -0.2) is 0 Å². The minimum absolute atomic E-state index is 0.0235. The van der Waals surface area contributed by atoms with E-state index in [2.05, 4.69) is 12.2 Å². The van der Waals surface area contributed by atoms with Gasteiger partial charge in [-0.2, -0.15) is 0 Å². The molecule has 4 nitrogen and oxygen atoms in total. The summed E-state index contributed by atoms with van der Waals surface area (Å²) in [7, 11) is 0. The molecule has 0 radical (unpaired) electrons. The molecule has 0 aliphatic heterocycles. The molecule has 2 rings (SSSR count). The monoisotopic (exact) mass is 313 g/mol. The van der Waals surface area contributed by atoms with E-state index in [4.69, 9.17) is 9.47 Å². The fourth-order valence-corrected chi connectivity index (χ4v) is 2.09. The fourth-order valence-electron chi connectivity index (χ4n) is 2.09. The first-order valence-corrected chi connectivity index (χ1v) is 7.81. The Morgan fingerprint density at radius 2 is 1.91 bits per heavy atom. The van der Waals surface area contributed by atoms with Gasteiger partial charge in [0.05, 0.1) is 6.61 Å². The van der Waals surface area contributed by atoms with Crippen LogP contribution in [0.1, 0.15) is 24.5 Å². The minimum atomic E-state index is -0.196. The van der Waals surface area contributed by atoms with Crippen LogP contribution in [0.4, 0.5) is 5.69 Å². The molecule has 0 aliphatic rings. The van der Waals surface area contributed by atoms with Crippen molar-refractivity contribution in [2.45, 2.75) is 27.2 Å². The highest BCUT2D eigenvalue weighted by Gasteiger charge is 2.06. The van der Waals surface area contributed by atoms with E-state index in [1.54, 1.807) is 0 Å². The first-order valence-electron chi connectivity index (χ1n) is 7.81. The summed E-state index contributed by atoms with van der Waals surface area (Å²) in [6, 6.07) is 13.3. The number of amides is 1. The summed E-state index contributed by atoms with van der Waals surface area (Å²) < 4.78 is 11.2. The molecule has 0 fully saturated rings. The third-order valence-corrected chi connectivity index (χ3v) is 3.29. The van der Waals surface area contributed by atoms with E-state index in [-0.39, 0.29) is 12.5 Å². The highest BCUT2D eigenvalue weighted by molar-refractivity contribution is 5.92. The van der Waals surface area contributed by atoms with Gasteiger partial charge in [-0.1, -0.05) is 25.1 Å². The number of benzene rings is 2. The molecule has 0 unspecified atom stereocenters. The van der Waals surface area contributed by atoms with Gasteiger partial charge in [0, 0.05) is 11.8 Å². The Kier molecular flexibility index (Phi) is 6.03.